The third-order valence-electron chi connectivity index (χ3n) is 2.72. The Morgan fingerprint density at radius 1 is 0.833 bits per heavy atom. The Morgan fingerprint density at radius 2 is 1.39 bits per heavy atom. The molecule has 2 rings (SSSR count). The monoisotopic (exact) mass is 243 g/mol. The van der Waals surface area contributed by atoms with Crippen LogP contribution in [0.2, 0.25) is 0 Å². The molecule has 0 unspecified atom stereocenters. The van der Waals surface area contributed by atoms with Gasteiger partial charge in [0, 0.05) is 6.54 Å². The number of rotatable bonds is 5. The molecule has 0 fully saturated rings. The van der Waals surface area contributed by atoms with Crippen LogP contribution in [0.5, 0.6) is 11.5 Å². The lowest BCUT2D eigenvalue weighted by atomic mass is 10.1. The average molecular weight is 243 g/mol. The molecule has 2 aromatic carbocycles. The molecule has 2 N–H and O–H groups in total. The molecule has 0 spiro atoms. The SMILES string of the molecule is COc1ccc(OCc2ccc(CN)cc2)cc1. The minimum atomic E-state index is 0.553. The van der Waals surface area contributed by atoms with E-state index in [-0.39, 0.29) is 0 Å². The highest BCUT2D eigenvalue weighted by atomic mass is 16.5. The molecule has 0 aliphatic heterocycles. The van der Waals surface area contributed by atoms with Gasteiger partial charge in [0.15, 0.2) is 0 Å². The Bertz CT molecular complexity index is 429. The Hall–Kier alpha value is -2.00. The van der Waals surface area contributed by atoms with E-state index in [0.717, 1.165) is 22.6 Å². The first-order valence-corrected chi connectivity index (χ1v) is 5.86. The van der Waals surface area contributed by atoms with E-state index < -0.39 is 0 Å². The normalized spacial score (nSPS) is 10.1. The largest absolute Gasteiger partial charge is 0.497 e. The number of nitrogens with two attached hydrogens (primary N) is 1. The lowest BCUT2D eigenvalue weighted by Crippen LogP contribution is -1.98. The van der Waals surface area contributed by atoms with Crippen LogP contribution in [0.3, 0.4) is 0 Å². The smallest absolute Gasteiger partial charge is 0.120 e. The first-order valence-electron chi connectivity index (χ1n) is 5.86. The van der Waals surface area contributed by atoms with Gasteiger partial charge in [-0.2, -0.15) is 0 Å². The van der Waals surface area contributed by atoms with Gasteiger partial charge < -0.3 is 15.2 Å². The van der Waals surface area contributed by atoms with Gasteiger partial charge in [0.2, 0.25) is 0 Å². The first-order chi connectivity index (χ1) is 8.81. The second-order valence-corrected chi connectivity index (χ2v) is 3.98. The number of ether oxygens (including phenoxy) is 2. The van der Waals surface area contributed by atoms with Crippen LogP contribution in [-0.2, 0) is 13.2 Å². The van der Waals surface area contributed by atoms with Gasteiger partial charge in [-0.3, -0.25) is 0 Å². The number of hydrogen-bond donors (Lipinski definition) is 1. The minimum absolute atomic E-state index is 0.553. The lowest BCUT2D eigenvalue weighted by molar-refractivity contribution is 0.305. The summed E-state index contributed by atoms with van der Waals surface area (Å²) in [6.45, 7) is 1.12. The van der Waals surface area contributed by atoms with E-state index in [9.17, 15) is 0 Å². The maximum atomic E-state index is 5.68. The van der Waals surface area contributed by atoms with Crippen LogP contribution in [0.25, 0.3) is 0 Å². The van der Waals surface area contributed by atoms with Crippen LogP contribution in [-0.4, -0.2) is 7.11 Å². The Balaban J connectivity index is 1.93. The van der Waals surface area contributed by atoms with E-state index in [4.69, 9.17) is 15.2 Å². The van der Waals surface area contributed by atoms with E-state index >= 15 is 0 Å². The summed E-state index contributed by atoms with van der Waals surface area (Å²) in [6, 6.07) is 15.7. The van der Waals surface area contributed by atoms with Crippen molar-refractivity contribution >= 4 is 0 Å². The zero-order chi connectivity index (χ0) is 12.8. The fraction of sp³-hybridized carbons (Fsp3) is 0.200. The van der Waals surface area contributed by atoms with E-state index in [1.165, 1.54) is 0 Å². The van der Waals surface area contributed by atoms with Gasteiger partial charge in [-0.25, -0.2) is 0 Å². The molecule has 0 bridgehead atoms. The number of methoxy groups -OCH3 is 1. The van der Waals surface area contributed by atoms with Crippen molar-refractivity contribution in [3.63, 3.8) is 0 Å². The molecule has 94 valence electrons. The third kappa shape index (κ3) is 3.25. The summed E-state index contributed by atoms with van der Waals surface area (Å²) in [6.07, 6.45) is 0. The lowest BCUT2D eigenvalue weighted by Gasteiger charge is -2.07. The molecular weight excluding hydrogens is 226 g/mol. The molecule has 0 amide bonds. The summed E-state index contributed by atoms with van der Waals surface area (Å²) in [4.78, 5) is 0. The van der Waals surface area contributed by atoms with Gasteiger partial charge >= 0.3 is 0 Å². The third-order valence-corrected chi connectivity index (χ3v) is 2.72. The van der Waals surface area contributed by atoms with E-state index in [1.54, 1.807) is 7.11 Å². The second kappa shape index (κ2) is 6.07. The Kier molecular flexibility index (Phi) is 4.20. The molecule has 3 nitrogen and oxygen atoms in total. The Labute approximate surface area is 107 Å². The molecule has 0 saturated heterocycles. The van der Waals surface area contributed by atoms with Crippen LogP contribution in [0.15, 0.2) is 48.5 Å². The molecule has 2 aromatic rings. The summed E-state index contributed by atoms with van der Waals surface area (Å²) in [7, 11) is 1.65. The molecule has 0 saturated carbocycles. The fourth-order valence-corrected chi connectivity index (χ4v) is 1.61. The molecule has 0 radical (unpaired) electrons. The highest BCUT2D eigenvalue weighted by molar-refractivity contribution is 5.31. The molecule has 0 atom stereocenters. The van der Waals surface area contributed by atoms with Crippen molar-refractivity contribution in [1.29, 1.82) is 0 Å². The van der Waals surface area contributed by atoms with Crippen LogP contribution < -0.4 is 15.2 Å². The maximum Gasteiger partial charge on any atom is 0.120 e. The maximum absolute atomic E-state index is 5.68. The molecular formula is C15H17NO2. The summed E-state index contributed by atoms with van der Waals surface area (Å²) >= 11 is 0. The first kappa shape index (κ1) is 12.5. The minimum Gasteiger partial charge on any atom is -0.497 e. The van der Waals surface area contributed by atoms with Gasteiger partial charge in [-0.1, -0.05) is 24.3 Å². The molecule has 3 heteroatoms. The second-order valence-electron chi connectivity index (χ2n) is 3.98. The van der Waals surface area contributed by atoms with Gasteiger partial charge in [-0.15, -0.1) is 0 Å². The summed E-state index contributed by atoms with van der Waals surface area (Å²) < 4.78 is 10.8. The van der Waals surface area contributed by atoms with Crippen molar-refractivity contribution in [3.8, 4) is 11.5 Å². The topological polar surface area (TPSA) is 44.5 Å². The quantitative estimate of drug-likeness (QED) is 0.878. The zero-order valence-corrected chi connectivity index (χ0v) is 10.4. The zero-order valence-electron chi connectivity index (χ0n) is 10.4. The summed E-state index contributed by atoms with van der Waals surface area (Å²) in [5.41, 5.74) is 7.80. The standard InChI is InChI=1S/C15H17NO2/c1-17-14-6-8-15(9-7-14)18-11-13-4-2-12(10-16)3-5-13/h2-9H,10-11,16H2,1H3. The summed E-state index contributed by atoms with van der Waals surface area (Å²) in [5.74, 6) is 1.66. The van der Waals surface area contributed by atoms with Crippen LogP contribution in [0, 0.1) is 0 Å². The van der Waals surface area contributed by atoms with Crippen molar-refractivity contribution in [3.05, 3.63) is 59.7 Å². The van der Waals surface area contributed by atoms with Gasteiger partial charge in [0.05, 0.1) is 7.11 Å². The average Bonchev–Trinajstić information content (AvgIpc) is 2.46. The predicted octanol–water partition coefficient (Wildman–Crippen LogP) is 2.73. The van der Waals surface area contributed by atoms with Crippen LogP contribution >= 0.6 is 0 Å². The molecule has 0 aliphatic rings. The van der Waals surface area contributed by atoms with Crippen molar-refractivity contribution < 1.29 is 9.47 Å². The number of hydrogen-bond acceptors (Lipinski definition) is 3. The van der Waals surface area contributed by atoms with Crippen molar-refractivity contribution in [1.82, 2.24) is 0 Å². The van der Waals surface area contributed by atoms with E-state index in [0.29, 0.717) is 13.2 Å². The van der Waals surface area contributed by atoms with Gasteiger partial charge in [0.1, 0.15) is 18.1 Å². The van der Waals surface area contributed by atoms with E-state index in [2.05, 4.69) is 0 Å². The summed E-state index contributed by atoms with van der Waals surface area (Å²) in [5, 5.41) is 0. The van der Waals surface area contributed by atoms with Crippen LogP contribution in [0.1, 0.15) is 11.1 Å². The van der Waals surface area contributed by atoms with Gasteiger partial charge in [0.25, 0.3) is 0 Å². The Morgan fingerprint density at radius 3 is 1.94 bits per heavy atom. The molecule has 0 aromatic heterocycles. The van der Waals surface area contributed by atoms with Crippen molar-refractivity contribution in [2.24, 2.45) is 5.73 Å². The molecule has 18 heavy (non-hydrogen) atoms. The van der Waals surface area contributed by atoms with Crippen LogP contribution in [0.4, 0.5) is 0 Å². The molecule has 0 heterocycles. The highest BCUT2D eigenvalue weighted by Crippen LogP contribution is 2.18. The fourth-order valence-electron chi connectivity index (χ4n) is 1.61. The van der Waals surface area contributed by atoms with Crippen molar-refractivity contribution in [2.45, 2.75) is 13.2 Å². The molecule has 0 aliphatic carbocycles. The van der Waals surface area contributed by atoms with E-state index in [1.807, 2.05) is 48.5 Å². The van der Waals surface area contributed by atoms with Crippen molar-refractivity contribution in [2.75, 3.05) is 7.11 Å². The predicted molar refractivity (Wildman–Crippen MR) is 71.7 cm³/mol. The highest BCUT2D eigenvalue weighted by Gasteiger charge is 1.97. The number of benzene rings is 2. The van der Waals surface area contributed by atoms with Gasteiger partial charge in [-0.05, 0) is 35.4 Å².